The molecule has 170 valence electrons. The van der Waals surface area contributed by atoms with Gasteiger partial charge in [0.15, 0.2) is 0 Å². The average molecular weight is 461 g/mol. The van der Waals surface area contributed by atoms with E-state index in [4.69, 9.17) is 14.2 Å². The van der Waals surface area contributed by atoms with Gasteiger partial charge in [-0.1, -0.05) is 0 Å². The van der Waals surface area contributed by atoms with Gasteiger partial charge < -0.3 is 24.2 Å². The second kappa shape index (κ2) is 9.27. The summed E-state index contributed by atoms with van der Waals surface area (Å²) >= 11 is 0. The summed E-state index contributed by atoms with van der Waals surface area (Å²) in [7, 11) is -2.43. The molecular weight excluding hydrogens is 435 g/mol. The Balaban J connectivity index is 1.63. The largest absolute Gasteiger partial charge is 0.488 e. The number of rotatable bonds is 7. The number of hydrogen-bond donors (Lipinski definition) is 2. The van der Waals surface area contributed by atoms with Gasteiger partial charge in [-0.05, 0) is 42.6 Å². The lowest BCUT2D eigenvalue weighted by atomic mass is 10.1. The van der Waals surface area contributed by atoms with Crippen LogP contribution in [0.15, 0.2) is 36.7 Å². The Kier molecular flexibility index (Phi) is 6.45. The molecule has 1 aliphatic heterocycles. The van der Waals surface area contributed by atoms with Crippen LogP contribution in [0.2, 0.25) is 0 Å². The van der Waals surface area contributed by atoms with Gasteiger partial charge in [-0.3, -0.25) is 0 Å². The second-order valence-electron chi connectivity index (χ2n) is 7.66. The number of hydrogen-bond acceptors (Lipinski definition) is 7. The molecule has 0 aliphatic carbocycles. The Bertz CT molecular complexity index is 1230. The van der Waals surface area contributed by atoms with Crippen molar-refractivity contribution >= 4 is 43.7 Å². The Hall–Kier alpha value is -2.95. The number of aromatic nitrogens is 2. The van der Waals surface area contributed by atoms with E-state index in [2.05, 4.69) is 25.9 Å². The number of nitrogens with one attached hydrogen (secondary N) is 2. The van der Waals surface area contributed by atoms with E-state index in [-0.39, 0.29) is 12.7 Å². The van der Waals surface area contributed by atoms with Crippen LogP contribution in [0.1, 0.15) is 5.56 Å². The summed E-state index contributed by atoms with van der Waals surface area (Å²) in [5.41, 5.74) is 2.74. The molecule has 1 fully saturated rings. The van der Waals surface area contributed by atoms with Crippen molar-refractivity contribution in [2.75, 3.05) is 42.7 Å². The van der Waals surface area contributed by atoms with E-state index < -0.39 is 15.5 Å². The van der Waals surface area contributed by atoms with Crippen LogP contribution in [0.25, 0.3) is 10.9 Å². The maximum absolute atomic E-state index is 13.9. The van der Waals surface area contributed by atoms with Crippen molar-refractivity contribution in [2.45, 2.75) is 13.0 Å². The number of aryl methyl sites for hydroxylation is 1. The molecule has 0 spiro atoms. The van der Waals surface area contributed by atoms with Crippen molar-refractivity contribution < 1.29 is 22.8 Å². The number of halogens is 1. The predicted octanol–water partition coefficient (Wildman–Crippen LogP) is 3.29. The summed E-state index contributed by atoms with van der Waals surface area (Å²) in [5, 5.41) is 4.02. The van der Waals surface area contributed by atoms with Crippen LogP contribution in [0.3, 0.4) is 0 Å². The first-order valence-corrected chi connectivity index (χ1v) is 12.2. The molecule has 2 heterocycles. The molecule has 2 N–H and O–H groups in total. The number of benzene rings is 2. The minimum Gasteiger partial charge on any atom is -0.488 e. The topological polar surface area (TPSA) is 94.6 Å². The number of anilines is 3. The lowest BCUT2D eigenvalue weighted by molar-refractivity contribution is -0.101. The number of nitrogens with zero attached hydrogens (tertiary/aromatic N) is 2. The number of fused-ring (bicyclic) bond motifs is 1. The minimum atomic E-state index is -2.43. The van der Waals surface area contributed by atoms with Gasteiger partial charge in [0.05, 0.1) is 31.0 Å². The van der Waals surface area contributed by atoms with E-state index >= 15 is 0 Å². The summed E-state index contributed by atoms with van der Waals surface area (Å²) in [5.74, 6) is 4.09. The van der Waals surface area contributed by atoms with Crippen molar-refractivity contribution in [1.82, 2.24) is 9.97 Å². The smallest absolute Gasteiger partial charge is 0.145 e. The summed E-state index contributed by atoms with van der Waals surface area (Å²) in [6.07, 6.45) is 2.74. The highest BCUT2D eigenvalue weighted by Gasteiger charge is 2.17. The molecule has 1 aliphatic rings. The average Bonchev–Trinajstić information content (AvgIpc) is 2.73. The molecule has 2 atom stereocenters. The third-order valence-electron chi connectivity index (χ3n) is 4.78. The fraction of sp³-hybridized carbons (Fsp3) is 0.318. The quantitative estimate of drug-likeness (QED) is 0.523. The molecule has 8 nitrogen and oxygen atoms in total. The molecule has 4 rings (SSSR count). The SMILES string of the molecule is C=S(C)(=O)Nc1cc(C)c2c(Nc3ccc(F)cc3OCC3COCCO3)ncnc2c1. The van der Waals surface area contributed by atoms with Gasteiger partial charge in [-0.25, -0.2) is 18.6 Å². The van der Waals surface area contributed by atoms with Gasteiger partial charge in [-0.15, -0.1) is 0 Å². The Labute approximate surface area is 186 Å². The molecule has 0 saturated carbocycles. The van der Waals surface area contributed by atoms with Gasteiger partial charge in [0.25, 0.3) is 0 Å². The molecule has 1 saturated heterocycles. The van der Waals surface area contributed by atoms with Crippen LogP contribution < -0.4 is 14.8 Å². The lowest BCUT2D eigenvalue weighted by Crippen LogP contribution is -2.33. The lowest BCUT2D eigenvalue weighted by Gasteiger charge is -2.23. The molecule has 10 heteroatoms. The Morgan fingerprint density at radius 2 is 2.12 bits per heavy atom. The first-order chi connectivity index (χ1) is 15.3. The van der Waals surface area contributed by atoms with E-state index in [9.17, 15) is 8.60 Å². The van der Waals surface area contributed by atoms with Gasteiger partial charge in [0.2, 0.25) is 0 Å². The molecule has 0 radical (unpaired) electrons. The van der Waals surface area contributed by atoms with Crippen LogP contribution in [0.5, 0.6) is 5.75 Å². The Morgan fingerprint density at radius 3 is 2.88 bits per heavy atom. The standard InChI is InChI=1S/C22H25FN4O4S/c1-14-8-16(27-32(2,3)28)10-19-21(14)22(25-13-24-19)26-18-5-4-15(23)9-20(18)31-12-17-11-29-6-7-30-17/h4-5,8-10,13,17H,2,6-7,11-12H2,1,3H3,(H,27,28)(H,24,25,26). The van der Waals surface area contributed by atoms with E-state index in [1.54, 1.807) is 12.1 Å². The third-order valence-corrected chi connectivity index (χ3v) is 5.44. The molecule has 32 heavy (non-hydrogen) atoms. The maximum Gasteiger partial charge on any atom is 0.145 e. The van der Waals surface area contributed by atoms with Crippen LogP contribution in [0.4, 0.5) is 21.6 Å². The summed E-state index contributed by atoms with van der Waals surface area (Å²) in [4.78, 5) is 8.72. The highest BCUT2D eigenvalue weighted by atomic mass is 32.2. The normalized spacial score (nSPS) is 18.2. The van der Waals surface area contributed by atoms with Crippen LogP contribution in [-0.2, 0) is 19.2 Å². The molecule has 3 aromatic rings. The second-order valence-corrected chi connectivity index (χ2v) is 9.87. The van der Waals surface area contributed by atoms with Crippen molar-refractivity contribution in [3.05, 3.63) is 48.0 Å². The summed E-state index contributed by atoms with van der Waals surface area (Å²) in [6.45, 7) is 3.64. The fourth-order valence-corrected chi connectivity index (χ4v) is 4.07. The first kappa shape index (κ1) is 22.3. The molecule has 2 aromatic carbocycles. The molecule has 0 amide bonds. The third kappa shape index (κ3) is 5.45. The zero-order chi connectivity index (χ0) is 22.7. The van der Waals surface area contributed by atoms with Crippen molar-refractivity contribution in [3.63, 3.8) is 0 Å². The highest BCUT2D eigenvalue weighted by molar-refractivity contribution is 8.00. The van der Waals surface area contributed by atoms with E-state index in [0.29, 0.717) is 48.3 Å². The van der Waals surface area contributed by atoms with E-state index in [1.807, 2.05) is 13.0 Å². The fourth-order valence-electron chi connectivity index (χ4n) is 3.46. The van der Waals surface area contributed by atoms with E-state index in [1.165, 1.54) is 24.7 Å². The van der Waals surface area contributed by atoms with Crippen LogP contribution >= 0.6 is 0 Å². The van der Waals surface area contributed by atoms with Crippen LogP contribution in [-0.4, -0.2) is 58.8 Å². The monoisotopic (exact) mass is 460 g/mol. The zero-order valence-electron chi connectivity index (χ0n) is 17.9. The van der Waals surface area contributed by atoms with Crippen LogP contribution in [0, 0.1) is 12.7 Å². The minimum absolute atomic E-state index is 0.213. The zero-order valence-corrected chi connectivity index (χ0v) is 18.7. The molecular formula is C22H25FN4O4S. The summed E-state index contributed by atoms with van der Waals surface area (Å²) < 4.78 is 45.7. The van der Waals surface area contributed by atoms with Crippen molar-refractivity contribution in [1.29, 1.82) is 0 Å². The van der Waals surface area contributed by atoms with E-state index in [0.717, 1.165) is 10.9 Å². The predicted molar refractivity (Wildman–Crippen MR) is 125 cm³/mol. The van der Waals surface area contributed by atoms with Crippen molar-refractivity contribution in [2.24, 2.45) is 0 Å². The van der Waals surface area contributed by atoms with Gasteiger partial charge in [0, 0.05) is 33.1 Å². The molecule has 0 bridgehead atoms. The van der Waals surface area contributed by atoms with Gasteiger partial charge in [-0.2, -0.15) is 0 Å². The van der Waals surface area contributed by atoms with Gasteiger partial charge in [0.1, 0.15) is 36.4 Å². The molecule has 2 unspecified atom stereocenters. The number of ether oxygens (including phenoxy) is 3. The molecule has 1 aromatic heterocycles. The summed E-state index contributed by atoms with van der Waals surface area (Å²) in [6, 6.07) is 7.90. The maximum atomic E-state index is 13.9. The highest BCUT2D eigenvalue weighted by Crippen LogP contribution is 2.33. The van der Waals surface area contributed by atoms with Gasteiger partial charge >= 0.3 is 0 Å². The van der Waals surface area contributed by atoms with Crippen molar-refractivity contribution in [3.8, 4) is 5.75 Å². The first-order valence-electron chi connectivity index (χ1n) is 10.0. The Morgan fingerprint density at radius 1 is 1.28 bits per heavy atom.